The molecule has 2 nitrogen and oxygen atoms in total. The molecule has 1 heterocycles. The fourth-order valence-corrected chi connectivity index (χ4v) is 1.23. The molecule has 0 saturated heterocycles. The Kier molecular flexibility index (Phi) is 1.31. The minimum absolute atomic E-state index is 0.0977. The van der Waals surface area contributed by atoms with Crippen LogP contribution < -0.4 is 0 Å². The van der Waals surface area contributed by atoms with E-state index >= 15 is 0 Å². The van der Waals surface area contributed by atoms with E-state index in [-0.39, 0.29) is 10.3 Å². The van der Waals surface area contributed by atoms with Gasteiger partial charge in [-0.15, -0.1) is 0 Å². The lowest BCUT2D eigenvalue weighted by atomic mass is 10.1. The highest BCUT2D eigenvalue weighted by Crippen LogP contribution is 2.19. The summed E-state index contributed by atoms with van der Waals surface area (Å²) in [7, 11) is 0. The van der Waals surface area contributed by atoms with Crippen LogP contribution in [0.3, 0.4) is 0 Å². The van der Waals surface area contributed by atoms with Gasteiger partial charge in [-0.2, -0.15) is 0 Å². The molecule has 0 atom stereocenters. The zero-order valence-electron chi connectivity index (χ0n) is 13.3. The van der Waals surface area contributed by atoms with Gasteiger partial charge in [-0.1, -0.05) is 37.1 Å². The molecule has 0 fully saturated rings. The third kappa shape index (κ3) is 2.35. The van der Waals surface area contributed by atoms with Crippen molar-refractivity contribution in [2.45, 2.75) is 24.8 Å². The number of halogens is 1. The summed E-state index contributed by atoms with van der Waals surface area (Å²) in [6.45, 7) is -6.16. The summed E-state index contributed by atoms with van der Waals surface area (Å²) >= 11 is 6.80. The predicted octanol–water partition coefficient (Wildman–Crippen LogP) is 2.98. The average Bonchev–Trinajstić information content (AvgIpc) is 2.23. The average molecular weight is 210 g/mol. The van der Waals surface area contributed by atoms with Crippen molar-refractivity contribution in [2.75, 3.05) is 6.26 Å². The van der Waals surface area contributed by atoms with E-state index in [1.54, 1.807) is 6.26 Å². The van der Waals surface area contributed by atoms with Crippen molar-refractivity contribution < 1.29 is 9.60 Å². The molecular weight excluding hydrogens is 192 g/mol. The molecule has 0 radical (unpaired) electrons. The Morgan fingerprint density at radius 2 is 2.42 bits per heavy atom. The van der Waals surface area contributed by atoms with Crippen molar-refractivity contribution >= 4 is 23.4 Å². The minimum atomic E-state index is -3.08. The lowest BCUT2D eigenvalue weighted by Gasteiger charge is -2.05. The molecular formula is C8H11ClN2S. The molecule has 66 valence electrons. The van der Waals surface area contributed by atoms with Gasteiger partial charge in [-0.25, -0.2) is 9.97 Å². The molecule has 0 aliphatic heterocycles. The van der Waals surface area contributed by atoms with Crippen LogP contribution in [0.5, 0.6) is 0 Å². The zero-order chi connectivity index (χ0) is 15.1. The largest absolute Gasteiger partial charge is 0.227 e. The van der Waals surface area contributed by atoms with Gasteiger partial charge in [-0.05, 0) is 18.2 Å². The fourth-order valence-electron chi connectivity index (χ4n) is 0.616. The van der Waals surface area contributed by atoms with Gasteiger partial charge in [0.15, 0.2) is 5.16 Å². The molecule has 0 unspecified atom stereocenters. The summed E-state index contributed by atoms with van der Waals surface area (Å²) in [5.74, 6) is -2.85. The maximum Gasteiger partial charge on any atom is 0.188 e. The Bertz CT molecular complexity index is 459. The first kappa shape index (κ1) is 3.84. The number of rotatable bonds is 2. The van der Waals surface area contributed by atoms with Crippen molar-refractivity contribution in [3.05, 3.63) is 16.9 Å². The SMILES string of the molecule is [2H]C([2H])([2H])C([2H])(c1cc(Cl)nc(SC)n1)C([2H])([2H])[2H]. The van der Waals surface area contributed by atoms with Crippen LogP contribution >= 0.6 is 23.4 Å². The topological polar surface area (TPSA) is 25.8 Å². The molecule has 1 aromatic rings. The Hall–Kier alpha value is -0.280. The smallest absolute Gasteiger partial charge is 0.188 e. The second-order valence-electron chi connectivity index (χ2n) is 1.94. The maximum absolute atomic E-state index is 7.95. The summed E-state index contributed by atoms with van der Waals surface area (Å²) in [6.07, 6.45) is 1.63. The van der Waals surface area contributed by atoms with Gasteiger partial charge in [0.25, 0.3) is 0 Å². The van der Waals surface area contributed by atoms with Gasteiger partial charge in [0.1, 0.15) is 5.15 Å². The summed E-state index contributed by atoms with van der Waals surface area (Å²) < 4.78 is 52.1. The summed E-state index contributed by atoms with van der Waals surface area (Å²) in [5, 5.41) is 0.0205. The first-order valence-corrected chi connectivity index (χ1v) is 4.63. The molecule has 0 saturated carbocycles. The van der Waals surface area contributed by atoms with E-state index in [1.807, 2.05) is 0 Å². The summed E-state index contributed by atoms with van der Waals surface area (Å²) in [4.78, 5) is 7.61. The van der Waals surface area contributed by atoms with E-state index in [0.717, 1.165) is 17.8 Å². The van der Waals surface area contributed by atoms with Gasteiger partial charge in [-0.3, -0.25) is 0 Å². The second-order valence-corrected chi connectivity index (χ2v) is 3.10. The van der Waals surface area contributed by atoms with Gasteiger partial charge in [0.2, 0.25) is 0 Å². The lowest BCUT2D eigenvalue weighted by Crippen LogP contribution is -1.96. The first-order chi connectivity index (χ1) is 8.43. The standard InChI is InChI=1S/C8H11ClN2S/c1-5(2)6-4-7(9)11-8(10-6)12-3/h4-5H,1-3H3/i1D3,2D3,5D. The van der Waals surface area contributed by atoms with Crippen molar-refractivity contribution in [1.82, 2.24) is 9.97 Å². The van der Waals surface area contributed by atoms with Crippen LogP contribution in [0.15, 0.2) is 11.2 Å². The Morgan fingerprint density at radius 1 is 1.67 bits per heavy atom. The molecule has 1 rings (SSSR count). The Balaban J connectivity index is 3.56. The first-order valence-electron chi connectivity index (χ1n) is 6.52. The molecule has 0 aliphatic rings. The molecule has 0 aliphatic carbocycles. The number of aromatic nitrogens is 2. The van der Waals surface area contributed by atoms with Gasteiger partial charge in [0.05, 0.1) is 0 Å². The maximum atomic E-state index is 7.95. The van der Waals surface area contributed by atoms with Gasteiger partial charge in [0, 0.05) is 15.3 Å². The number of nitrogens with zero attached hydrogens (tertiary/aromatic N) is 2. The molecule has 0 N–H and O–H groups in total. The fraction of sp³-hybridized carbons (Fsp3) is 0.500. The van der Waals surface area contributed by atoms with E-state index in [9.17, 15) is 0 Å². The second kappa shape index (κ2) is 4.10. The van der Waals surface area contributed by atoms with Crippen LogP contribution in [0, 0.1) is 0 Å². The quantitative estimate of drug-likeness (QED) is 0.426. The normalized spacial score (nSPS) is 22.3. The van der Waals surface area contributed by atoms with Crippen LogP contribution in [0.1, 0.15) is 34.9 Å². The zero-order valence-corrected chi connectivity index (χ0v) is 7.83. The summed E-state index contributed by atoms with van der Waals surface area (Å²) in [6, 6.07) is 1.01. The predicted molar refractivity (Wildman–Crippen MR) is 52.9 cm³/mol. The molecule has 0 bridgehead atoms. The number of hydrogen-bond donors (Lipinski definition) is 0. The highest BCUT2D eigenvalue weighted by Gasteiger charge is 2.05. The van der Waals surface area contributed by atoms with Crippen LogP contribution in [0.25, 0.3) is 0 Å². The third-order valence-corrected chi connectivity index (χ3v) is 1.85. The van der Waals surface area contributed by atoms with E-state index in [2.05, 4.69) is 9.97 Å². The van der Waals surface area contributed by atoms with E-state index < -0.39 is 25.3 Å². The number of thioether (sulfide) groups is 1. The molecule has 4 heteroatoms. The van der Waals surface area contributed by atoms with Gasteiger partial charge >= 0.3 is 0 Å². The van der Waals surface area contributed by atoms with E-state index in [4.69, 9.17) is 21.2 Å². The molecule has 0 amide bonds. The molecule has 0 aromatic carbocycles. The van der Waals surface area contributed by atoms with Crippen molar-refractivity contribution in [1.29, 1.82) is 0 Å². The molecule has 1 aromatic heterocycles. The number of hydrogen-bond acceptors (Lipinski definition) is 3. The van der Waals surface area contributed by atoms with Crippen LogP contribution in [-0.2, 0) is 0 Å². The van der Waals surface area contributed by atoms with E-state index in [0.29, 0.717) is 0 Å². The van der Waals surface area contributed by atoms with Crippen molar-refractivity contribution in [3.63, 3.8) is 0 Å². The monoisotopic (exact) mass is 209 g/mol. The van der Waals surface area contributed by atoms with E-state index in [1.165, 1.54) is 0 Å². The molecule has 12 heavy (non-hydrogen) atoms. The highest BCUT2D eigenvalue weighted by molar-refractivity contribution is 7.98. The van der Waals surface area contributed by atoms with Crippen LogP contribution in [-0.4, -0.2) is 16.2 Å². The highest BCUT2D eigenvalue weighted by atomic mass is 35.5. The van der Waals surface area contributed by atoms with Gasteiger partial charge < -0.3 is 0 Å². The van der Waals surface area contributed by atoms with Crippen molar-refractivity contribution in [3.8, 4) is 0 Å². The van der Waals surface area contributed by atoms with Crippen LogP contribution in [0.4, 0.5) is 0 Å². The Morgan fingerprint density at radius 3 is 3.00 bits per heavy atom. The molecule has 0 spiro atoms. The van der Waals surface area contributed by atoms with Crippen LogP contribution in [0.2, 0.25) is 5.15 Å². The lowest BCUT2D eigenvalue weighted by molar-refractivity contribution is 0.779. The van der Waals surface area contributed by atoms with Crippen molar-refractivity contribution in [2.24, 2.45) is 0 Å². The summed E-state index contributed by atoms with van der Waals surface area (Å²) in [5.41, 5.74) is -0.433. The third-order valence-electron chi connectivity index (χ3n) is 1.11. The minimum Gasteiger partial charge on any atom is -0.227 e. The Labute approximate surface area is 91.6 Å².